The zero-order valence-corrected chi connectivity index (χ0v) is 9.42. The van der Waals surface area contributed by atoms with E-state index in [0.29, 0.717) is 5.25 Å². The van der Waals surface area contributed by atoms with Crippen molar-refractivity contribution in [3.8, 4) is 0 Å². The fourth-order valence-electron chi connectivity index (χ4n) is 1.11. The number of aromatic nitrogens is 1. The average Bonchev–Trinajstić information content (AvgIpc) is 2.20. The van der Waals surface area contributed by atoms with Gasteiger partial charge < -0.3 is 0 Å². The monoisotopic (exact) mass is 211 g/mol. The Morgan fingerprint density at radius 3 is 2.86 bits per heavy atom. The number of hydrazine groups is 1. The summed E-state index contributed by atoms with van der Waals surface area (Å²) >= 11 is 1.89. The van der Waals surface area contributed by atoms with Crippen LogP contribution >= 0.6 is 11.8 Å². The summed E-state index contributed by atoms with van der Waals surface area (Å²) in [6.45, 7) is 4.36. The number of nitrogens with zero attached hydrogens (tertiary/aromatic N) is 1. The van der Waals surface area contributed by atoms with Crippen LogP contribution in [0, 0.1) is 0 Å². The Morgan fingerprint density at radius 1 is 1.57 bits per heavy atom. The lowest BCUT2D eigenvalue weighted by molar-refractivity contribution is 0.608. The summed E-state index contributed by atoms with van der Waals surface area (Å²) in [5.74, 6) is 6.47. The van der Waals surface area contributed by atoms with E-state index in [-0.39, 0.29) is 6.04 Å². The van der Waals surface area contributed by atoms with E-state index in [0.717, 1.165) is 11.3 Å². The van der Waals surface area contributed by atoms with E-state index in [2.05, 4.69) is 24.3 Å². The van der Waals surface area contributed by atoms with Gasteiger partial charge in [0.2, 0.25) is 0 Å². The number of nitrogens with one attached hydrogen (secondary N) is 1. The third-order valence-corrected chi connectivity index (χ3v) is 3.08. The van der Waals surface area contributed by atoms with E-state index in [9.17, 15) is 0 Å². The van der Waals surface area contributed by atoms with Gasteiger partial charge in [-0.1, -0.05) is 19.9 Å². The molecule has 1 aromatic heterocycles. The van der Waals surface area contributed by atoms with E-state index in [1.54, 1.807) is 6.20 Å². The van der Waals surface area contributed by atoms with Crippen molar-refractivity contribution in [1.29, 1.82) is 0 Å². The first kappa shape index (κ1) is 11.5. The predicted octanol–water partition coefficient (Wildman–Crippen LogP) is 1.73. The van der Waals surface area contributed by atoms with Crippen LogP contribution in [0.25, 0.3) is 0 Å². The van der Waals surface area contributed by atoms with E-state index < -0.39 is 0 Å². The maximum Gasteiger partial charge on any atom is 0.0565 e. The van der Waals surface area contributed by atoms with Crippen LogP contribution < -0.4 is 11.3 Å². The molecule has 0 aliphatic carbocycles. The minimum Gasteiger partial charge on any atom is -0.271 e. The molecule has 0 amide bonds. The highest BCUT2D eigenvalue weighted by Gasteiger charge is 2.09. The maximum absolute atomic E-state index is 5.50. The number of hydrogen-bond acceptors (Lipinski definition) is 4. The standard InChI is InChI=1S/C10H17N3S/c1-8(2)14-7-10(13-11)9-4-3-5-12-6-9/h3-6,8,10,13H,7,11H2,1-2H3. The summed E-state index contributed by atoms with van der Waals surface area (Å²) in [5, 5.41) is 0.627. The van der Waals surface area contributed by atoms with Crippen LogP contribution in [0.3, 0.4) is 0 Å². The van der Waals surface area contributed by atoms with Gasteiger partial charge in [-0.15, -0.1) is 0 Å². The van der Waals surface area contributed by atoms with E-state index in [1.165, 1.54) is 0 Å². The van der Waals surface area contributed by atoms with Gasteiger partial charge in [-0.05, 0) is 16.9 Å². The van der Waals surface area contributed by atoms with Gasteiger partial charge in [0.05, 0.1) is 6.04 Å². The molecule has 1 heterocycles. The lowest BCUT2D eigenvalue weighted by Crippen LogP contribution is -2.30. The van der Waals surface area contributed by atoms with Crippen LogP contribution in [-0.4, -0.2) is 16.0 Å². The van der Waals surface area contributed by atoms with Crippen molar-refractivity contribution in [2.75, 3.05) is 5.75 Å². The minimum absolute atomic E-state index is 0.191. The lowest BCUT2D eigenvalue weighted by Gasteiger charge is -2.16. The molecule has 0 saturated heterocycles. The second-order valence-corrected chi connectivity index (χ2v) is 5.00. The number of thioether (sulfide) groups is 1. The molecule has 1 rings (SSSR count). The molecule has 0 spiro atoms. The Hall–Kier alpha value is -0.580. The van der Waals surface area contributed by atoms with Crippen molar-refractivity contribution in [1.82, 2.24) is 10.4 Å². The zero-order valence-electron chi connectivity index (χ0n) is 8.60. The van der Waals surface area contributed by atoms with Gasteiger partial charge in [-0.2, -0.15) is 11.8 Å². The molecule has 0 aromatic carbocycles. The van der Waals surface area contributed by atoms with E-state index in [1.807, 2.05) is 30.1 Å². The van der Waals surface area contributed by atoms with Crippen molar-refractivity contribution in [3.63, 3.8) is 0 Å². The predicted molar refractivity (Wildman–Crippen MR) is 61.9 cm³/mol. The summed E-state index contributed by atoms with van der Waals surface area (Å²) in [5.41, 5.74) is 3.95. The Morgan fingerprint density at radius 2 is 2.36 bits per heavy atom. The quantitative estimate of drug-likeness (QED) is 0.575. The molecule has 14 heavy (non-hydrogen) atoms. The largest absolute Gasteiger partial charge is 0.271 e. The first-order valence-corrected chi connectivity index (χ1v) is 5.76. The molecule has 1 aromatic rings. The van der Waals surface area contributed by atoms with Crippen LogP contribution in [-0.2, 0) is 0 Å². The van der Waals surface area contributed by atoms with Crippen LogP contribution in [0.2, 0.25) is 0 Å². The third kappa shape index (κ3) is 3.65. The van der Waals surface area contributed by atoms with Gasteiger partial charge in [0.1, 0.15) is 0 Å². The van der Waals surface area contributed by atoms with Crippen molar-refractivity contribution in [3.05, 3.63) is 30.1 Å². The fraction of sp³-hybridized carbons (Fsp3) is 0.500. The lowest BCUT2D eigenvalue weighted by atomic mass is 10.1. The van der Waals surface area contributed by atoms with Gasteiger partial charge in [0.15, 0.2) is 0 Å². The highest BCUT2D eigenvalue weighted by atomic mass is 32.2. The average molecular weight is 211 g/mol. The van der Waals surface area contributed by atoms with Crippen LogP contribution in [0.5, 0.6) is 0 Å². The highest BCUT2D eigenvalue weighted by Crippen LogP contribution is 2.19. The maximum atomic E-state index is 5.50. The van der Waals surface area contributed by atoms with Gasteiger partial charge in [-0.3, -0.25) is 16.3 Å². The SMILES string of the molecule is CC(C)SCC(NN)c1cccnc1. The fourth-order valence-corrected chi connectivity index (χ4v) is 1.98. The highest BCUT2D eigenvalue weighted by molar-refractivity contribution is 7.99. The van der Waals surface area contributed by atoms with Crippen LogP contribution in [0.15, 0.2) is 24.5 Å². The summed E-state index contributed by atoms with van der Waals surface area (Å²) in [7, 11) is 0. The smallest absolute Gasteiger partial charge is 0.0565 e. The minimum atomic E-state index is 0.191. The molecule has 0 radical (unpaired) electrons. The van der Waals surface area contributed by atoms with Crippen molar-refractivity contribution in [2.24, 2.45) is 5.84 Å². The summed E-state index contributed by atoms with van der Waals surface area (Å²) in [6, 6.07) is 4.16. The Kier molecular flexibility index (Phi) is 4.93. The van der Waals surface area contributed by atoms with Gasteiger partial charge in [0, 0.05) is 18.1 Å². The number of nitrogens with two attached hydrogens (primary N) is 1. The van der Waals surface area contributed by atoms with Crippen molar-refractivity contribution >= 4 is 11.8 Å². The van der Waals surface area contributed by atoms with Crippen molar-refractivity contribution < 1.29 is 0 Å². The number of rotatable bonds is 5. The topological polar surface area (TPSA) is 50.9 Å². The third-order valence-electron chi connectivity index (χ3n) is 1.88. The van der Waals surface area contributed by atoms with Crippen molar-refractivity contribution in [2.45, 2.75) is 25.1 Å². The molecular formula is C10H17N3S. The molecule has 0 aliphatic rings. The Labute approximate surface area is 89.5 Å². The molecule has 0 saturated carbocycles. The first-order chi connectivity index (χ1) is 6.74. The molecule has 3 N–H and O–H groups in total. The Bertz CT molecular complexity index is 251. The molecule has 1 atom stereocenters. The summed E-state index contributed by atoms with van der Waals surface area (Å²) in [4.78, 5) is 4.08. The molecule has 4 heteroatoms. The van der Waals surface area contributed by atoms with E-state index in [4.69, 9.17) is 5.84 Å². The van der Waals surface area contributed by atoms with Gasteiger partial charge >= 0.3 is 0 Å². The normalized spacial score (nSPS) is 13.1. The van der Waals surface area contributed by atoms with E-state index >= 15 is 0 Å². The molecule has 78 valence electrons. The first-order valence-electron chi connectivity index (χ1n) is 4.71. The molecule has 0 bridgehead atoms. The second-order valence-electron chi connectivity index (χ2n) is 3.39. The number of hydrogen-bond donors (Lipinski definition) is 2. The molecular weight excluding hydrogens is 194 g/mol. The van der Waals surface area contributed by atoms with Gasteiger partial charge in [-0.25, -0.2) is 0 Å². The molecule has 1 unspecified atom stereocenters. The van der Waals surface area contributed by atoms with Crippen LogP contribution in [0.4, 0.5) is 0 Å². The second kappa shape index (κ2) is 6.01. The molecule has 0 fully saturated rings. The summed E-state index contributed by atoms with van der Waals surface area (Å²) < 4.78 is 0. The van der Waals surface area contributed by atoms with Crippen LogP contribution in [0.1, 0.15) is 25.5 Å². The van der Waals surface area contributed by atoms with Gasteiger partial charge in [0.25, 0.3) is 0 Å². The molecule has 3 nitrogen and oxygen atoms in total. The summed E-state index contributed by atoms with van der Waals surface area (Å²) in [6.07, 6.45) is 3.62. The zero-order chi connectivity index (χ0) is 10.4. The Balaban J connectivity index is 2.54. The number of pyridine rings is 1. The molecule has 0 aliphatic heterocycles.